The molecule has 2 rings (SSSR count). The van der Waals surface area contributed by atoms with E-state index < -0.39 is 5.97 Å². The molecule has 94 valence electrons. The number of anilines is 1. The normalized spacial score (nSPS) is 10.5. The molecule has 0 saturated carbocycles. The maximum absolute atomic E-state index is 10.8. The number of furan rings is 1. The first-order valence-electron chi connectivity index (χ1n) is 5.37. The van der Waals surface area contributed by atoms with E-state index in [0.29, 0.717) is 17.1 Å². The second-order valence-corrected chi connectivity index (χ2v) is 4.94. The van der Waals surface area contributed by atoms with E-state index in [2.05, 4.69) is 0 Å². The number of hydrogen-bond donors (Lipinski definition) is 2. The number of benzene rings is 1. The van der Waals surface area contributed by atoms with Gasteiger partial charge in [0, 0.05) is 16.1 Å². The van der Waals surface area contributed by atoms with Crippen LogP contribution in [-0.2, 0) is 5.75 Å². The van der Waals surface area contributed by atoms with Crippen molar-refractivity contribution in [2.75, 3.05) is 5.73 Å². The van der Waals surface area contributed by atoms with Crippen LogP contribution in [0.3, 0.4) is 0 Å². The van der Waals surface area contributed by atoms with Crippen LogP contribution in [0.5, 0.6) is 0 Å². The molecule has 0 aliphatic rings. The monoisotopic (exact) mass is 263 g/mol. The smallest absolute Gasteiger partial charge is 0.372 e. The summed E-state index contributed by atoms with van der Waals surface area (Å²) in [4.78, 5) is 11.9. The fourth-order valence-electron chi connectivity index (χ4n) is 1.55. The summed E-state index contributed by atoms with van der Waals surface area (Å²) in [6.07, 6.45) is 0. The highest BCUT2D eigenvalue weighted by molar-refractivity contribution is 7.98. The summed E-state index contributed by atoms with van der Waals surface area (Å²) in [5.74, 6) is 0.240. The summed E-state index contributed by atoms with van der Waals surface area (Å²) in [5.41, 5.74) is 6.97. The van der Waals surface area contributed by atoms with Crippen molar-refractivity contribution in [3.8, 4) is 0 Å². The number of carboxylic acid groups (broad SMARTS) is 1. The number of rotatable bonds is 4. The first-order chi connectivity index (χ1) is 8.56. The van der Waals surface area contributed by atoms with Gasteiger partial charge in [-0.05, 0) is 37.3 Å². The van der Waals surface area contributed by atoms with Gasteiger partial charge < -0.3 is 15.3 Å². The Morgan fingerprint density at radius 2 is 2.06 bits per heavy atom. The van der Waals surface area contributed by atoms with Crippen LogP contribution in [0.15, 0.2) is 39.6 Å². The van der Waals surface area contributed by atoms with Gasteiger partial charge in [-0.15, -0.1) is 11.8 Å². The van der Waals surface area contributed by atoms with Crippen LogP contribution >= 0.6 is 11.8 Å². The molecule has 18 heavy (non-hydrogen) atoms. The van der Waals surface area contributed by atoms with E-state index in [4.69, 9.17) is 15.3 Å². The summed E-state index contributed by atoms with van der Waals surface area (Å²) in [6.45, 7) is 1.73. The van der Waals surface area contributed by atoms with E-state index in [1.165, 1.54) is 0 Å². The highest BCUT2D eigenvalue weighted by atomic mass is 32.2. The molecule has 0 aliphatic heterocycles. The van der Waals surface area contributed by atoms with E-state index >= 15 is 0 Å². The van der Waals surface area contributed by atoms with Gasteiger partial charge in [0.2, 0.25) is 5.76 Å². The molecule has 0 atom stereocenters. The zero-order chi connectivity index (χ0) is 13.1. The van der Waals surface area contributed by atoms with Crippen LogP contribution in [0.4, 0.5) is 5.69 Å². The van der Waals surface area contributed by atoms with E-state index in [1.807, 2.05) is 24.3 Å². The van der Waals surface area contributed by atoms with Crippen molar-refractivity contribution in [3.63, 3.8) is 0 Å². The topological polar surface area (TPSA) is 76.5 Å². The average Bonchev–Trinajstić information content (AvgIpc) is 2.70. The molecule has 0 amide bonds. The molecule has 1 aromatic heterocycles. The third-order valence-electron chi connectivity index (χ3n) is 2.42. The minimum atomic E-state index is -1.03. The lowest BCUT2D eigenvalue weighted by molar-refractivity contribution is 0.0659. The van der Waals surface area contributed by atoms with Crippen molar-refractivity contribution >= 4 is 23.4 Å². The Morgan fingerprint density at radius 3 is 2.61 bits per heavy atom. The van der Waals surface area contributed by atoms with Crippen molar-refractivity contribution in [2.24, 2.45) is 0 Å². The number of aromatic carboxylic acids is 1. The van der Waals surface area contributed by atoms with Crippen molar-refractivity contribution < 1.29 is 14.3 Å². The second-order valence-electron chi connectivity index (χ2n) is 3.89. The van der Waals surface area contributed by atoms with Gasteiger partial charge in [0.25, 0.3) is 0 Å². The van der Waals surface area contributed by atoms with Crippen LogP contribution in [0, 0.1) is 6.92 Å². The van der Waals surface area contributed by atoms with Gasteiger partial charge >= 0.3 is 5.97 Å². The third kappa shape index (κ3) is 2.87. The number of nitrogens with two attached hydrogens (primary N) is 1. The van der Waals surface area contributed by atoms with Crippen LogP contribution in [0.1, 0.15) is 21.9 Å². The molecule has 3 N–H and O–H groups in total. The molecule has 0 radical (unpaired) electrons. The number of thioether (sulfide) groups is 1. The van der Waals surface area contributed by atoms with Gasteiger partial charge in [0.05, 0.1) is 5.75 Å². The summed E-state index contributed by atoms with van der Waals surface area (Å²) < 4.78 is 5.28. The maximum Gasteiger partial charge on any atom is 0.372 e. The predicted molar refractivity (Wildman–Crippen MR) is 70.8 cm³/mol. The lowest BCUT2D eigenvalue weighted by Gasteiger charge is -1.99. The molecule has 0 unspecified atom stereocenters. The van der Waals surface area contributed by atoms with Crippen LogP contribution in [0.2, 0.25) is 0 Å². The SMILES string of the molecule is Cc1cc(CSc2ccc(N)cc2)oc1C(=O)O. The van der Waals surface area contributed by atoms with Crippen molar-refractivity contribution in [1.82, 2.24) is 0 Å². The summed E-state index contributed by atoms with van der Waals surface area (Å²) in [5, 5.41) is 8.88. The third-order valence-corrected chi connectivity index (χ3v) is 3.46. The van der Waals surface area contributed by atoms with Gasteiger partial charge in [0.1, 0.15) is 5.76 Å². The van der Waals surface area contributed by atoms with Gasteiger partial charge in [0.15, 0.2) is 0 Å². The van der Waals surface area contributed by atoms with Crippen molar-refractivity contribution in [1.29, 1.82) is 0 Å². The van der Waals surface area contributed by atoms with E-state index in [1.54, 1.807) is 24.8 Å². The standard InChI is InChI=1S/C13H13NO3S/c1-8-6-10(17-12(8)13(15)16)7-18-11-4-2-9(14)3-5-11/h2-6H,7,14H2,1H3,(H,15,16). The fraction of sp³-hybridized carbons (Fsp3) is 0.154. The minimum absolute atomic E-state index is 0.0166. The highest BCUT2D eigenvalue weighted by Crippen LogP contribution is 2.25. The number of aryl methyl sites for hydroxylation is 1. The summed E-state index contributed by atoms with van der Waals surface area (Å²) in [7, 11) is 0. The molecule has 0 saturated heterocycles. The summed E-state index contributed by atoms with van der Waals surface area (Å²) >= 11 is 1.57. The van der Waals surface area contributed by atoms with Gasteiger partial charge in [-0.25, -0.2) is 4.79 Å². The van der Waals surface area contributed by atoms with Crippen molar-refractivity contribution in [3.05, 3.63) is 47.4 Å². The Bertz CT molecular complexity index is 560. The Hall–Kier alpha value is -1.88. The average molecular weight is 263 g/mol. The zero-order valence-electron chi connectivity index (χ0n) is 9.84. The molecule has 0 bridgehead atoms. The first kappa shape index (κ1) is 12.6. The lowest BCUT2D eigenvalue weighted by atomic mass is 10.3. The maximum atomic E-state index is 10.8. The molecule has 0 aliphatic carbocycles. The molecule has 2 aromatic rings. The summed E-state index contributed by atoms with van der Waals surface area (Å²) in [6, 6.07) is 9.27. The quantitative estimate of drug-likeness (QED) is 0.654. The number of hydrogen-bond acceptors (Lipinski definition) is 4. The van der Waals surface area contributed by atoms with Gasteiger partial charge in [-0.2, -0.15) is 0 Å². The van der Waals surface area contributed by atoms with Crippen LogP contribution in [-0.4, -0.2) is 11.1 Å². The fourth-order valence-corrected chi connectivity index (χ4v) is 2.33. The first-order valence-corrected chi connectivity index (χ1v) is 6.36. The Morgan fingerprint density at radius 1 is 1.39 bits per heavy atom. The van der Waals surface area contributed by atoms with Crippen LogP contribution < -0.4 is 5.73 Å². The predicted octanol–water partition coefficient (Wildman–Crippen LogP) is 3.16. The minimum Gasteiger partial charge on any atom is -0.475 e. The molecular weight excluding hydrogens is 250 g/mol. The van der Waals surface area contributed by atoms with Crippen molar-refractivity contribution in [2.45, 2.75) is 17.6 Å². The largest absolute Gasteiger partial charge is 0.475 e. The van der Waals surface area contributed by atoms with Gasteiger partial charge in [-0.3, -0.25) is 0 Å². The number of carbonyl (C=O) groups is 1. The number of carboxylic acids is 1. The molecular formula is C13H13NO3S. The zero-order valence-corrected chi connectivity index (χ0v) is 10.7. The van der Waals surface area contributed by atoms with Gasteiger partial charge in [-0.1, -0.05) is 0 Å². The Balaban J connectivity index is 2.04. The Labute approximate surface area is 109 Å². The second kappa shape index (κ2) is 5.18. The molecule has 0 spiro atoms. The van der Waals surface area contributed by atoms with Crippen LogP contribution in [0.25, 0.3) is 0 Å². The lowest BCUT2D eigenvalue weighted by Crippen LogP contribution is -1.94. The van der Waals surface area contributed by atoms with E-state index in [-0.39, 0.29) is 5.76 Å². The van der Waals surface area contributed by atoms with E-state index in [9.17, 15) is 4.79 Å². The number of nitrogen functional groups attached to an aromatic ring is 1. The molecule has 4 nitrogen and oxygen atoms in total. The Kier molecular flexibility index (Phi) is 3.62. The molecule has 5 heteroatoms. The molecule has 0 fully saturated rings. The highest BCUT2D eigenvalue weighted by Gasteiger charge is 2.14. The molecule has 1 aromatic carbocycles. The van der Waals surface area contributed by atoms with E-state index in [0.717, 1.165) is 10.6 Å². The molecule has 1 heterocycles.